The summed E-state index contributed by atoms with van der Waals surface area (Å²) in [6.07, 6.45) is 2.44. The van der Waals surface area contributed by atoms with E-state index in [4.69, 9.17) is 0 Å². The number of amides is 2. The van der Waals surface area contributed by atoms with Crippen molar-refractivity contribution in [3.63, 3.8) is 0 Å². The van der Waals surface area contributed by atoms with Gasteiger partial charge in [-0.05, 0) is 40.2 Å². The second-order valence-corrected chi connectivity index (χ2v) is 6.32. The summed E-state index contributed by atoms with van der Waals surface area (Å²) >= 11 is 3.49. The Morgan fingerprint density at radius 1 is 1.17 bits per heavy atom. The fourth-order valence-corrected chi connectivity index (χ4v) is 2.92. The van der Waals surface area contributed by atoms with Gasteiger partial charge in [-0.15, -0.1) is 0 Å². The summed E-state index contributed by atoms with van der Waals surface area (Å²) in [5.74, 6) is -0.115. The van der Waals surface area contributed by atoms with Gasteiger partial charge < -0.3 is 15.1 Å². The predicted octanol–water partition coefficient (Wildman–Crippen LogP) is 2.50. The van der Waals surface area contributed by atoms with Gasteiger partial charge in [-0.1, -0.05) is 12.1 Å². The van der Waals surface area contributed by atoms with Crippen LogP contribution >= 0.6 is 15.9 Å². The summed E-state index contributed by atoms with van der Waals surface area (Å²) in [6, 6.07) is 11.3. The minimum Gasteiger partial charge on any atom is -0.354 e. The number of aromatic nitrogens is 1. The van der Waals surface area contributed by atoms with Crippen molar-refractivity contribution < 1.29 is 9.59 Å². The third kappa shape index (κ3) is 3.73. The molecule has 1 aliphatic heterocycles. The van der Waals surface area contributed by atoms with Crippen molar-refractivity contribution in [2.24, 2.45) is 0 Å². The molecule has 1 aliphatic rings. The number of carbonyl (C=O) groups excluding carboxylic acids is 2. The summed E-state index contributed by atoms with van der Waals surface area (Å²) in [6.45, 7) is 2.18. The molecule has 1 saturated heterocycles. The minimum atomic E-state index is -0.115. The quantitative estimate of drug-likeness (QED) is 0.817. The standard InChI is InChI=1S/C17H17BrN4O2/c18-14-3-1-2-4-15(14)20-13-5-6-19-16(11-13)17(24)22-9-7-21(12-23)8-10-22/h1-6,11-12H,7-10H2,(H,19,20). The van der Waals surface area contributed by atoms with Gasteiger partial charge in [0.15, 0.2) is 0 Å². The first kappa shape index (κ1) is 16.4. The van der Waals surface area contributed by atoms with Gasteiger partial charge in [0.2, 0.25) is 6.41 Å². The molecular weight excluding hydrogens is 372 g/mol. The zero-order chi connectivity index (χ0) is 16.9. The van der Waals surface area contributed by atoms with Crippen LogP contribution in [0.2, 0.25) is 0 Å². The fraction of sp³-hybridized carbons (Fsp3) is 0.235. The number of benzene rings is 1. The number of halogens is 1. The highest BCUT2D eigenvalue weighted by atomic mass is 79.9. The molecule has 1 aromatic carbocycles. The van der Waals surface area contributed by atoms with E-state index in [1.54, 1.807) is 22.1 Å². The number of anilines is 2. The van der Waals surface area contributed by atoms with Gasteiger partial charge in [0.1, 0.15) is 5.69 Å². The van der Waals surface area contributed by atoms with E-state index >= 15 is 0 Å². The highest BCUT2D eigenvalue weighted by Gasteiger charge is 2.22. The van der Waals surface area contributed by atoms with Gasteiger partial charge >= 0.3 is 0 Å². The number of rotatable bonds is 4. The molecule has 1 N–H and O–H groups in total. The summed E-state index contributed by atoms with van der Waals surface area (Å²) in [4.78, 5) is 30.9. The first-order valence-corrected chi connectivity index (χ1v) is 8.43. The predicted molar refractivity (Wildman–Crippen MR) is 95.2 cm³/mol. The molecule has 0 radical (unpaired) electrons. The highest BCUT2D eigenvalue weighted by molar-refractivity contribution is 9.10. The lowest BCUT2D eigenvalue weighted by Gasteiger charge is -2.32. The Morgan fingerprint density at radius 2 is 1.92 bits per heavy atom. The summed E-state index contributed by atoms with van der Waals surface area (Å²) in [7, 11) is 0. The van der Waals surface area contributed by atoms with Crippen LogP contribution in [0.25, 0.3) is 0 Å². The SMILES string of the molecule is O=CN1CCN(C(=O)c2cc(Nc3ccccc3Br)ccn2)CC1. The second-order valence-electron chi connectivity index (χ2n) is 5.47. The maximum Gasteiger partial charge on any atom is 0.272 e. The van der Waals surface area contributed by atoms with Crippen LogP contribution in [-0.4, -0.2) is 53.3 Å². The topological polar surface area (TPSA) is 65.5 Å². The number of para-hydroxylation sites is 1. The van der Waals surface area contributed by atoms with Crippen LogP contribution in [0.1, 0.15) is 10.5 Å². The van der Waals surface area contributed by atoms with Gasteiger partial charge in [-0.25, -0.2) is 0 Å². The van der Waals surface area contributed by atoms with Gasteiger partial charge in [0.25, 0.3) is 5.91 Å². The molecule has 0 saturated carbocycles. The Bertz CT molecular complexity index is 745. The molecule has 6 nitrogen and oxygen atoms in total. The Balaban J connectivity index is 1.72. The van der Waals surface area contributed by atoms with E-state index in [1.807, 2.05) is 30.3 Å². The molecule has 0 aliphatic carbocycles. The first-order chi connectivity index (χ1) is 11.7. The Hall–Kier alpha value is -2.41. The number of nitrogens with one attached hydrogen (secondary N) is 1. The van der Waals surface area contributed by atoms with E-state index in [9.17, 15) is 9.59 Å². The Labute approximate surface area is 148 Å². The van der Waals surface area contributed by atoms with Gasteiger partial charge in [-0.3, -0.25) is 14.6 Å². The summed E-state index contributed by atoms with van der Waals surface area (Å²) < 4.78 is 0.944. The van der Waals surface area contributed by atoms with Gasteiger partial charge in [-0.2, -0.15) is 0 Å². The minimum absolute atomic E-state index is 0.115. The number of hydrogen-bond acceptors (Lipinski definition) is 4. The molecule has 2 amide bonds. The van der Waals surface area contributed by atoms with Crippen LogP contribution in [-0.2, 0) is 4.79 Å². The number of nitrogens with zero attached hydrogens (tertiary/aromatic N) is 3. The molecule has 1 fully saturated rings. The van der Waals surface area contributed by atoms with Crippen molar-refractivity contribution in [3.8, 4) is 0 Å². The summed E-state index contributed by atoms with van der Waals surface area (Å²) in [5, 5.41) is 3.27. The molecule has 24 heavy (non-hydrogen) atoms. The molecule has 7 heteroatoms. The molecule has 2 aromatic rings. The van der Waals surface area contributed by atoms with Crippen molar-refractivity contribution in [1.29, 1.82) is 0 Å². The second kappa shape index (κ2) is 7.44. The highest BCUT2D eigenvalue weighted by Crippen LogP contribution is 2.25. The number of pyridine rings is 1. The van der Waals surface area contributed by atoms with Crippen LogP contribution in [0.5, 0.6) is 0 Å². The smallest absolute Gasteiger partial charge is 0.272 e. The van der Waals surface area contributed by atoms with E-state index in [2.05, 4.69) is 26.2 Å². The average molecular weight is 389 g/mol. The summed E-state index contributed by atoms with van der Waals surface area (Å²) in [5.41, 5.74) is 2.11. The van der Waals surface area contributed by atoms with Crippen molar-refractivity contribution in [2.45, 2.75) is 0 Å². The molecular formula is C17H17BrN4O2. The molecule has 0 atom stereocenters. The van der Waals surface area contributed by atoms with E-state index in [0.29, 0.717) is 31.9 Å². The fourth-order valence-electron chi connectivity index (χ4n) is 2.54. The maximum atomic E-state index is 12.6. The molecule has 1 aromatic heterocycles. The molecule has 124 valence electrons. The van der Waals surface area contributed by atoms with E-state index in [-0.39, 0.29) is 5.91 Å². The lowest BCUT2D eigenvalue weighted by atomic mass is 10.2. The van der Waals surface area contributed by atoms with Crippen LogP contribution in [0.3, 0.4) is 0 Å². The number of hydrogen-bond donors (Lipinski definition) is 1. The lowest BCUT2D eigenvalue weighted by Crippen LogP contribution is -2.48. The monoisotopic (exact) mass is 388 g/mol. The third-order valence-electron chi connectivity index (χ3n) is 3.88. The maximum absolute atomic E-state index is 12.6. The molecule has 3 rings (SSSR count). The lowest BCUT2D eigenvalue weighted by molar-refractivity contribution is -0.119. The van der Waals surface area contributed by atoms with E-state index in [1.165, 1.54) is 0 Å². The van der Waals surface area contributed by atoms with E-state index in [0.717, 1.165) is 22.3 Å². The largest absolute Gasteiger partial charge is 0.354 e. The Morgan fingerprint density at radius 3 is 2.62 bits per heavy atom. The van der Waals surface area contributed by atoms with Crippen molar-refractivity contribution in [3.05, 3.63) is 52.8 Å². The molecule has 0 bridgehead atoms. The van der Waals surface area contributed by atoms with Crippen molar-refractivity contribution >= 4 is 39.6 Å². The molecule has 2 heterocycles. The normalized spacial score (nSPS) is 14.4. The zero-order valence-electron chi connectivity index (χ0n) is 13.0. The zero-order valence-corrected chi connectivity index (χ0v) is 14.6. The van der Waals surface area contributed by atoms with Crippen LogP contribution in [0, 0.1) is 0 Å². The van der Waals surface area contributed by atoms with Crippen molar-refractivity contribution in [2.75, 3.05) is 31.5 Å². The van der Waals surface area contributed by atoms with E-state index < -0.39 is 0 Å². The molecule has 0 spiro atoms. The average Bonchev–Trinajstić information content (AvgIpc) is 2.63. The van der Waals surface area contributed by atoms with Crippen LogP contribution < -0.4 is 5.32 Å². The Kier molecular flexibility index (Phi) is 5.10. The number of piperazine rings is 1. The number of carbonyl (C=O) groups is 2. The first-order valence-electron chi connectivity index (χ1n) is 7.63. The van der Waals surface area contributed by atoms with Gasteiger partial charge in [0, 0.05) is 42.5 Å². The molecule has 0 unspecified atom stereocenters. The van der Waals surface area contributed by atoms with Crippen LogP contribution in [0.4, 0.5) is 11.4 Å². The van der Waals surface area contributed by atoms with Crippen molar-refractivity contribution in [1.82, 2.24) is 14.8 Å². The third-order valence-corrected chi connectivity index (χ3v) is 4.57. The van der Waals surface area contributed by atoms with Gasteiger partial charge in [0.05, 0.1) is 5.69 Å². The van der Waals surface area contributed by atoms with Crippen LogP contribution in [0.15, 0.2) is 47.1 Å².